The maximum Gasteiger partial charge on any atom is 0.114 e. The fourth-order valence-corrected chi connectivity index (χ4v) is 3.04. The number of benzene rings is 3. The Hall–Kier alpha value is -2.72. The van der Waals surface area contributed by atoms with Gasteiger partial charge in [0.25, 0.3) is 0 Å². The van der Waals surface area contributed by atoms with Gasteiger partial charge in [0.2, 0.25) is 0 Å². The van der Waals surface area contributed by atoms with Gasteiger partial charge in [-0.2, -0.15) is 0 Å². The monoisotopic (exact) mass is 303 g/mol. The standard InChI is InChI=1S/C19H17N3O/c23-11-5-10-22-13-18(20-21-22)19-16-8-3-1-6-14(16)12-15-7-2-4-9-17(15)19/h1-4,6-9,12-13,23H,5,10-11H2. The third-order valence-electron chi connectivity index (χ3n) is 4.11. The lowest BCUT2D eigenvalue weighted by molar-refractivity contribution is 0.276. The van der Waals surface area contributed by atoms with Crippen LogP contribution in [0.25, 0.3) is 32.8 Å². The highest BCUT2D eigenvalue weighted by Crippen LogP contribution is 2.35. The van der Waals surface area contributed by atoms with Crippen LogP contribution in [0, 0.1) is 0 Å². The molecule has 0 aliphatic rings. The quantitative estimate of drug-likeness (QED) is 0.586. The molecule has 0 unspecified atom stereocenters. The summed E-state index contributed by atoms with van der Waals surface area (Å²) in [6, 6.07) is 18.9. The van der Waals surface area contributed by atoms with Crippen molar-refractivity contribution in [1.29, 1.82) is 0 Å². The van der Waals surface area contributed by atoms with E-state index in [1.165, 1.54) is 21.5 Å². The summed E-state index contributed by atoms with van der Waals surface area (Å²) in [5, 5.41) is 22.3. The minimum atomic E-state index is 0.159. The molecule has 3 aromatic carbocycles. The molecule has 23 heavy (non-hydrogen) atoms. The molecule has 4 nitrogen and oxygen atoms in total. The molecule has 4 aromatic rings. The van der Waals surface area contributed by atoms with Gasteiger partial charge in [-0.3, -0.25) is 4.68 Å². The van der Waals surface area contributed by atoms with E-state index in [0.717, 1.165) is 11.3 Å². The molecule has 0 spiro atoms. The lowest BCUT2D eigenvalue weighted by atomic mass is 9.95. The third-order valence-corrected chi connectivity index (χ3v) is 4.11. The lowest BCUT2D eigenvalue weighted by Gasteiger charge is -2.09. The van der Waals surface area contributed by atoms with Crippen molar-refractivity contribution in [3.05, 3.63) is 60.8 Å². The second-order valence-electron chi connectivity index (χ2n) is 5.64. The number of nitrogens with zero attached hydrogens (tertiary/aromatic N) is 3. The van der Waals surface area contributed by atoms with Gasteiger partial charge in [0.1, 0.15) is 5.69 Å². The number of aryl methyl sites for hydroxylation is 1. The van der Waals surface area contributed by atoms with Gasteiger partial charge in [-0.15, -0.1) is 5.10 Å². The largest absolute Gasteiger partial charge is 0.396 e. The molecule has 1 heterocycles. The lowest BCUT2D eigenvalue weighted by Crippen LogP contribution is -2.00. The second-order valence-corrected chi connectivity index (χ2v) is 5.64. The van der Waals surface area contributed by atoms with Crippen molar-refractivity contribution < 1.29 is 5.11 Å². The predicted molar refractivity (Wildman–Crippen MR) is 92.2 cm³/mol. The van der Waals surface area contributed by atoms with Crippen LogP contribution >= 0.6 is 0 Å². The molecule has 0 saturated carbocycles. The van der Waals surface area contributed by atoms with Crippen LogP contribution in [-0.4, -0.2) is 26.7 Å². The first-order valence-electron chi connectivity index (χ1n) is 7.78. The van der Waals surface area contributed by atoms with Crippen molar-refractivity contribution in [1.82, 2.24) is 15.0 Å². The first-order valence-corrected chi connectivity index (χ1v) is 7.78. The van der Waals surface area contributed by atoms with E-state index in [1.807, 2.05) is 6.20 Å². The van der Waals surface area contributed by atoms with Crippen LogP contribution in [0.2, 0.25) is 0 Å². The number of hydrogen-bond acceptors (Lipinski definition) is 3. The Morgan fingerprint density at radius 1 is 0.913 bits per heavy atom. The first kappa shape index (κ1) is 13.9. The smallest absolute Gasteiger partial charge is 0.114 e. The van der Waals surface area contributed by atoms with Crippen LogP contribution in [0.3, 0.4) is 0 Å². The molecule has 0 bridgehead atoms. The summed E-state index contributed by atoms with van der Waals surface area (Å²) < 4.78 is 1.79. The van der Waals surface area contributed by atoms with Crippen LogP contribution in [0.5, 0.6) is 0 Å². The summed E-state index contributed by atoms with van der Waals surface area (Å²) >= 11 is 0. The zero-order chi connectivity index (χ0) is 15.6. The van der Waals surface area contributed by atoms with Crippen LogP contribution in [0.1, 0.15) is 6.42 Å². The Morgan fingerprint density at radius 2 is 1.57 bits per heavy atom. The summed E-state index contributed by atoms with van der Waals surface area (Å²) in [5.41, 5.74) is 1.99. The zero-order valence-electron chi connectivity index (χ0n) is 12.7. The van der Waals surface area contributed by atoms with Crippen LogP contribution in [-0.2, 0) is 6.54 Å². The normalized spacial score (nSPS) is 11.3. The number of aromatic nitrogens is 3. The highest BCUT2D eigenvalue weighted by molar-refractivity contribution is 6.11. The molecule has 1 N–H and O–H groups in total. The van der Waals surface area contributed by atoms with Gasteiger partial charge in [0.05, 0.1) is 6.20 Å². The van der Waals surface area contributed by atoms with Gasteiger partial charge in [0.15, 0.2) is 0 Å². The third kappa shape index (κ3) is 2.47. The van der Waals surface area contributed by atoms with Gasteiger partial charge in [-0.1, -0.05) is 53.7 Å². The maximum atomic E-state index is 8.97. The molecular formula is C19H17N3O. The summed E-state index contributed by atoms with van der Waals surface area (Å²) in [7, 11) is 0. The molecule has 0 aliphatic heterocycles. The Bertz CT molecular complexity index is 921. The summed E-state index contributed by atoms with van der Waals surface area (Å²) in [6.45, 7) is 0.832. The Kier molecular flexibility index (Phi) is 3.52. The Balaban J connectivity index is 1.97. The van der Waals surface area contributed by atoms with Crippen LogP contribution in [0.15, 0.2) is 60.8 Å². The maximum absolute atomic E-state index is 8.97. The topological polar surface area (TPSA) is 50.9 Å². The Morgan fingerprint density at radius 3 is 2.22 bits per heavy atom. The van der Waals surface area contributed by atoms with Crippen molar-refractivity contribution >= 4 is 21.5 Å². The van der Waals surface area contributed by atoms with Crippen molar-refractivity contribution in [2.75, 3.05) is 6.61 Å². The van der Waals surface area contributed by atoms with Crippen molar-refractivity contribution in [3.63, 3.8) is 0 Å². The predicted octanol–water partition coefficient (Wildman–Crippen LogP) is 3.63. The van der Waals surface area contributed by atoms with Crippen LogP contribution < -0.4 is 0 Å². The van der Waals surface area contributed by atoms with E-state index in [-0.39, 0.29) is 6.61 Å². The van der Waals surface area contributed by atoms with Gasteiger partial charge in [-0.05, 0) is 34.0 Å². The molecule has 0 aliphatic carbocycles. The van der Waals surface area contributed by atoms with E-state index in [1.54, 1.807) is 4.68 Å². The van der Waals surface area contributed by atoms with Crippen molar-refractivity contribution in [3.8, 4) is 11.3 Å². The molecule has 0 fully saturated rings. The van der Waals surface area contributed by atoms with E-state index >= 15 is 0 Å². The molecule has 1 aromatic heterocycles. The molecule has 0 saturated heterocycles. The highest BCUT2D eigenvalue weighted by Gasteiger charge is 2.12. The first-order chi connectivity index (χ1) is 11.4. The van der Waals surface area contributed by atoms with Crippen molar-refractivity contribution in [2.45, 2.75) is 13.0 Å². The van der Waals surface area contributed by atoms with Gasteiger partial charge in [0, 0.05) is 18.7 Å². The molecular weight excluding hydrogens is 286 g/mol. The number of hydrogen-bond donors (Lipinski definition) is 1. The molecule has 0 amide bonds. The minimum absolute atomic E-state index is 0.159. The van der Waals surface area contributed by atoms with Gasteiger partial charge in [-0.25, -0.2) is 0 Å². The van der Waals surface area contributed by atoms with E-state index in [9.17, 15) is 0 Å². The molecule has 0 atom stereocenters. The molecule has 0 radical (unpaired) electrons. The van der Waals surface area contributed by atoms with E-state index < -0.39 is 0 Å². The number of fused-ring (bicyclic) bond motifs is 2. The second kappa shape index (κ2) is 5.82. The molecule has 4 rings (SSSR count). The molecule has 4 heteroatoms. The summed E-state index contributed by atoms with van der Waals surface area (Å²) in [6.07, 6.45) is 2.64. The van der Waals surface area contributed by atoms with E-state index in [0.29, 0.717) is 13.0 Å². The fraction of sp³-hybridized carbons (Fsp3) is 0.158. The summed E-state index contributed by atoms with van der Waals surface area (Å²) in [5.74, 6) is 0. The highest BCUT2D eigenvalue weighted by atomic mass is 16.3. The fourth-order valence-electron chi connectivity index (χ4n) is 3.04. The molecule has 114 valence electrons. The average molecular weight is 303 g/mol. The minimum Gasteiger partial charge on any atom is -0.396 e. The van der Waals surface area contributed by atoms with Gasteiger partial charge < -0.3 is 5.11 Å². The van der Waals surface area contributed by atoms with E-state index in [4.69, 9.17) is 5.11 Å². The van der Waals surface area contributed by atoms with Gasteiger partial charge >= 0.3 is 0 Å². The summed E-state index contributed by atoms with van der Waals surface area (Å²) in [4.78, 5) is 0. The van der Waals surface area contributed by atoms with Crippen LogP contribution in [0.4, 0.5) is 0 Å². The van der Waals surface area contributed by atoms with Crippen molar-refractivity contribution in [2.24, 2.45) is 0 Å². The average Bonchev–Trinajstić information content (AvgIpc) is 3.06. The number of rotatable bonds is 4. The van der Waals surface area contributed by atoms with E-state index in [2.05, 4.69) is 64.9 Å². The number of aliphatic hydroxyl groups excluding tert-OH is 1. The zero-order valence-corrected chi connectivity index (χ0v) is 12.7. The SMILES string of the molecule is OCCCn1cc(-c2c3ccccc3cc3ccccc23)nn1. The number of aliphatic hydroxyl groups is 1. The Labute approximate surface area is 134 Å².